The number of anilines is 2. The van der Waals surface area contributed by atoms with Crippen LogP contribution in [0.4, 0.5) is 20.5 Å². The number of fused-ring (bicyclic) bond motifs is 1. The molecule has 4 aromatic rings. The van der Waals surface area contributed by atoms with E-state index in [1.807, 2.05) is 18.3 Å². The number of pyridine rings is 2. The largest absolute Gasteiger partial charge is 0.389 e. The van der Waals surface area contributed by atoms with Gasteiger partial charge < -0.3 is 15.7 Å². The lowest BCUT2D eigenvalue weighted by Crippen LogP contribution is -2.08. The first-order valence-electron chi connectivity index (χ1n) is 10.7. The van der Waals surface area contributed by atoms with Crippen LogP contribution in [0.5, 0.6) is 0 Å². The lowest BCUT2D eigenvalue weighted by molar-refractivity contribution is 0.201. The fourth-order valence-electron chi connectivity index (χ4n) is 4.14. The standard InChI is InChI=1S/C24H22F2N6O/c1-13(33)17-5-7-28-23-18(17)8-16(9-19(23)25)22-20(26)12-30-24(32-22)31-21-3-2-14(11-29-21)15-4-6-27-10-15/h2-3,5,7-9,11-13,15,27,33H,4,6,10H2,1H3,(H,29,30,31,32). The highest BCUT2D eigenvalue weighted by molar-refractivity contribution is 5.87. The van der Waals surface area contributed by atoms with Crippen LogP contribution in [0.1, 0.15) is 36.5 Å². The van der Waals surface area contributed by atoms with Gasteiger partial charge in [0.05, 0.1) is 12.3 Å². The summed E-state index contributed by atoms with van der Waals surface area (Å²) in [5.74, 6) is -0.219. The summed E-state index contributed by atoms with van der Waals surface area (Å²) in [6.07, 6.45) is 4.51. The molecule has 2 atom stereocenters. The lowest BCUT2D eigenvalue weighted by Gasteiger charge is -2.12. The molecule has 0 saturated carbocycles. The highest BCUT2D eigenvalue weighted by atomic mass is 19.1. The Kier molecular flexibility index (Phi) is 5.65. The number of nitrogens with zero attached hydrogens (tertiary/aromatic N) is 4. The van der Waals surface area contributed by atoms with E-state index in [2.05, 4.69) is 30.6 Å². The molecule has 1 saturated heterocycles. The van der Waals surface area contributed by atoms with Gasteiger partial charge in [0.15, 0.2) is 5.82 Å². The number of hydrogen-bond donors (Lipinski definition) is 3. The van der Waals surface area contributed by atoms with E-state index in [1.165, 1.54) is 12.3 Å². The van der Waals surface area contributed by atoms with Crippen molar-refractivity contribution in [3.63, 3.8) is 0 Å². The fourth-order valence-corrected chi connectivity index (χ4v) is 4.14. The Balaban J connectivity index is 1.48. The second-order valence-electron chi connectivity index (χ2n) is 8.11. The minimum Gasteiger partial charge on any atom is -0.389 e. The zero-order valence-corrected chi connectivity index (χ0v) is 17.9. The highest BCUT2D eigenvalue weighted by Gasteiger charge is 2.18. The maximum Gasteiger partial charge on any atom is 0.229 e. The van der Waals surface area contributed by atoms with Crippen molar-refractivity contribution in [2.75, 3.05) is 18.4 Å². The molecule has 1 fully saturated rings. The smallest absolute Gasteiger partial charge is 0.229 e. The molecule has 3 aromatic heterocycles. The Bertz CT molecular complexity index is 1310. The molecule has 5 rings (SSSR count). The average molecular weight is 448 g/mol. The van der Waals surface area contributed by atoms with E-state index < -0.39 is 17.7 Å². The van der Waals surface area contributed by atoms with E-state index in [1.54, 1.807) is 19.1 Å². The lowest BCUT2D eigenvalue weighted by atomic mass is 10.0. The van der Waals surface area contributed by atoms with Gasteiger partial charge in [0, 0.05) is 29.9 Å². The maximum absolute atomic E-state index is 14.8. The fraction of sp³-hybridized carbons (Fsp3) is 0.250. The second kappa shape index (κ2) is 8.76. The number of hydrogen-bond acceptors (Lipinski definition) is 7. The summed E-state index contributed by atoms with van der Waals surface area (Å²) in [7, 11) is 0. The second-order valence-corrected chi connectivity index (χ2v) is 8.11. The van der Waals surface area contributed by atoms with Crippen molar-refractivity contribution < 1.29 is 13.9 Å². The number of aliphatic hydroxyl groups excluding tert-OH is 1. The predicted octanol–water partition coefficient (Wildman–Crippen LogP) is 4.24. The number of benzene rings is 1. The Morgan fingerprint density at radius 3 is 2.70 bits per heavy atom. The van der Waals surface area contributed by atoms with Crippen molar-refractivity contribution in [2.45, 2.75) is 25.4 Å². The normalized spacial score (nSPS) is 16.8. The molecule has 1 aliphatic rings. The van der Waals surface area contributed by atoms with Crippen molar-refractivity contribution in [1.82, 2.24) is 25.3 Å². The monoisotopic (exact) mass is 448 g/mol. The van der Waals surface area contributed by atoms with Gasteiger partial charge in [-0.1, -0.05) is 6.07 Å². The quantitative estimate of drug-likeness (QED) is 0.420. The summed E-state index contributed by atoms with van der Waals surface area (Å²) in [4.78, 5) is 16.7. The molecule has 0 amide bonds. The molecule has 168 valence electrons. The molecule has 3 N–H and O–H groups in total. The summed E-state index contributed by atoms with van der Waals surface area (Å²) < 4.78 is 29.4. The van der Waals surface area contributed by atoms with Crippen molar-refractivity contribution in [2.24, 2.45) is 0 Å². The number of halogens is 2. The molecule has 0 radical (unpaired) electrons. The van der Waals surface area contributed by atoms with E-state index in [4.69, 9.17) is 0 Å². The first-order valence-corrected chi connectivity index (χ1v) is 10.7. The summed E-state index contributed by atoms with van der Waals surface area (Å²) in [6.45, 7) is 3.52. The molecule has 33 heavy (non-hydrogen) atoms. The van der Waals surface area contributed by atoms with E-state index in [9.17, 15) is 13.9 Å². The molecule has 1 aromatic carbocycles. The minimum absolute atomic E-state index is 0.0673. The zero-order chi connectivity index (χ0) is 22.9. The van der Waals surface area contributed by atoms with Gasteiger partial charge in [-0.05, 0) is 61.2 Å². The molecule has 9 heteroatoms. The van der Waals surface area contributed by atoms with Crippen LogP contribution in [0.2, 0.25) is 0 Å². The Labute approximate surface area is 189 Å². The van der Waals surface area contributed by atoms with Crippen molar-refractivity contribution in [1.29, 1.82) is 0 Å². The van der Waals surface area contributed by atoms with Crippen LogP contribution in [0, 0.1) is 11.6 Å². The molecule has 2 unspecified atom stereocenters. The zero-order valence-electron chi connectivity index (χ0n) is 17.9. The third-order valence-electron chi connectivity index (χ3n) is 5.86. The number of rotatable bonds is 5. The topological polar surface area (TPSA) is 95.9 Å². The van der Waals surface area contributed by atoms with Gasteiger partial charge in [-0.2, -0.15) is 0 Å². The summed E-state index contributed by atoms with van der Waals surface area (Å²) in [6, 6.07) is 8.19. The molecular formula is C24H22F2N6O. The molecule has 0 aliphatic carbocycles. The average Bonchev–Trinajstić information content (AvgIpc) is 3.35. The summed E-state index contributed by atoms with van der Waals surface area (Å²) >= 11 is 0. The molecule has 7 nitrogen and oxygen atoms in total. The highest BCUT2D eigenvalue weighted by Crippen LogP contribution is 2.31. The van der Waals surface area contributed by atoms with Gasteiger partial charge in [-0.15, -0.1) is 0 Å². The number of aromatic nitrogens is 4. The Morgan fingerprint density at radius 1 is 1.09 bits per heavy atom. The predicted molar refractivity (Wildman–Crippen MR) is 121 cm³/mol. The Morgan fingerprint density at radius 2 is 1.97 bits per heavy atom. The van der Waals surface area contributed by atoms with Gasteiger partial charge in [-0.3, -0.25) is 4.98 Å². The van der Waals surface area contributed by atoms with Crippen LogP contribution >= 0.6 is 0 Å². The Hall–Kier alpha value is -3.56. The van der Waals surface area contributed by atoms with Gasteiger partial charge in [0.2, 0.25) is 5.95 Å². The van der Waals surface area contributed by atoms with Crippen molar-refractivity contribution >= 4 is 22.7 Å². The summed E-state index contributed by atoms with van der Waals surface area (Å²) in [5, 5.41) is 16.8. The number of aliphatic hydroxyl groups is 1. The van der Waals surface area contributed by atoms with Crippen molar-refractivity contribution in [3.05, 3.63) is 71.7 Å². The van der Waals surface area contributed by atoms with Crippen LogP contribution in [-0.4, -0.2) is 38.1 Å². The van der Waals surface area contributed by atoms with E-state index in [0.29, 0.717) is 22.7 Å². The van der Waals surface area contributed by atoms with E-state index >= 15 is 0 Å². The first-order chi connectivity index (χ1) is 16.0. The van der Waals surface area contributed by atoms with Crippen LogP contribution in [-0.2, 0) is 0 Å². The van der Waals surface area contributed by atoms with Crippen molar-refractivity contribution in [3.8, 4) is 11.3 Å². The number of nitrogens with one attached hydrogen (secondary N) is 2. The van der Waals surface area contributed by atoms with Gasteiger partial charge in [0.1, 0.15) is 22.8 Å². The molecule has 1 aliphatic heterocycles. The van der Waals surface area contributed by atoms with Crippen LogP contribution in [0.25, 0.3) is 22.2 Å². The third kappa shape index (κ3) is 4.24. The molecule has 0 spiro atoms. The SMILES string of the molecule is CC(O)c1ccnc2c(F)cc(-c3nc(Nc4ccc(C5CCNC5)cn4)ncc3F)cc12. The molecule has 0 bridgehead atoms. The van der Waals surface area contributed by atoms with Crippen LogP contribution in [0.3, 0.4) is 0 Å². The van der Waals surface area contributed by atoms with Gasteiger partial charge in [-0.25, -0.2) is 23.7 Å². The van der Waals surface area contributed by atoms with Crippen LogP contribution in [0.15, 0.2) is 48.9 Å². The third-order valence-corrected chi connectivity index (χ3v) is 5.86. The molecule has 4 heterocycles. The van der Waals surface area contributed by atoms with Gasteiger partial charge in [0.25, 0.3) is 0 Å². The minimum atomic E-state index is -0.841. The molecular weight excluding hydrogens is 426 g/mol. The van der Waals surface area contributed by atoms with Crippen LogP contribution < -0.4 is 10.6 Å². The van der Waals surface area contributed by atoms with Gasteiger partial charge >= 0.3 is 0 Å². The summed E-state index contributed by atoms with van der Waals surface area (Å²) in [5.41, 5.74) is 1.90. The first kappa shape index (κ1) is 21.3. The maximum atomic E-state index is 14.8. The van der Waals surface area contributed by atoms with E-state index in [-0.39, 0.29) is 22.7 Å². The van der Waals surface area contributed by atoms with E-state index in [0.717, 1.165) is 31.3 Å².